The molecule has 2 heterocycles. The summed E-state index contributed by atoms with van der Waals surface area (Å²) in [4.78, 5) is 2.08. The van der Waals surface area contributed by atoms with Crippen molar-refractivity contribution in [3.8, 4) is 17.6 Å². The third kappa shape index (κ3) is 6.03. The predicted octanol–water partition coefficient (Wildman–Crippen LogP) is 2.37. The van der Waals surface area contributed by atoms with E-state index in [1.54, 1.807) is 12.1 Å². The Morgan fingerprint density at radius 2 is 2.19 bits per heavy atom. The van der Waals surface area contributed by atoms with Crippen LogP contribution in [0.1, 0.15) is 19.8 Å². The Morgan fingerprint density at radius 1 is 1.41 bits per heavy atom. The number of halogens is 1. The van der Waals surface area contributed by atoms with E-state index in [4.69, 9.17) is 10.5 Å². The predicted molar refractivity (Wildman–Crippen MR) is 129 cm³/mol. The average molecular weight is 563 g/mol. The van der Waals surface area contributed by atoms with Crippen LogP contribution in [0.25, 0.3) is 0 Å². The zero-order valence-electron chi connectivity index (χ0n) is 18.9. The van der Waals surface area contributed by atoms with Gasteiger partial charge >= 0.3 is 199 Å². The quantitative estimate of drug-likeness (QED) is 0.496. The standard InChI is InChI=1S/C20H24FN3O3S.C3H7.In/c1-15(22)7-5-4-6-12-24(18-10-11-23-14-17(18)21)19-9-8-16(28(3,25)26)13-20(19)27-2;1-3-2;/h1,7-9,13,17-18,23H,10-12,14,22H2,2-3H3;1,3H2,2H3;/t17-,18+;;/m1../s1. The number of nitrogens with zero attached hydrogens (tertiary/aromatic N) is 1. The van der Waals surface area contributed by atoms with Crippen LogP contribution < -0.4 is 20.7 Å². The molecule has 2 aliphatic rings. The van der Waals surface area contributed by atoms with Gasteiger partial charge in [-0.2, -0.15) is 0 Å². The van der Waals surface area contributed by atoms with Crippen molar-refractivity contribution in [2.75, 3.05) is 37.9 Å². The fraction of sp³-hybridized carbons (Fsp3) is 0.478. The van der Waals surface area contributed by atoms with Crippen molar-refractivity contribution in [3.63, 3.8) is 0 Å². The molecule has 0 unspecified atom stereocenters. The number of nitrogens with one attached hydrogen (secondary N) is 1. The summed E-state index contributed by atoms with van der Waals surface area (Å²) in [6.07, 6.45) is 3.83. The third-order valence-electron chi connectivity index (χ3n) is 5.86. The molecule has 0 spiro atoms. The van der Waals surface area contributed by atoms with Gasteiger partial charge in [0.05, 0.1) is 0 Å². The summed E-state index contributed by atoms with van der Waals surface area (Å²) in [6, 6.07) is 4.36. The van der Waals surface area contributed by atoms with Gasteiger partial charge < -0.3 is 0 Å². The number of hydrogen-bond acceptors (Lipinski definition) is 6. The molecular formula is C23H31FInN3O3S. The molecule has 0 aromatic heterocycles. The van der Waals surface area contributed by atoms with Gasteiger partial charge in [0.2, 0.25) is 0 Å². The number of methoxy groups -OCH3 is 1. The number of hydrogen-bond donors (Lipinski definition) is 2. The Morgan fingerprint density at radius 3 is 2.84 bits per heavy atom. The fourth-order valence-electron chi connectivity index (χ4n) is 4.23. The first-order chi connectivity index (χ1) is 15.2. The number of ether oxygens (including phenoxy) is 1. The van der Waals surface area contributed by atoms with Gasteiger partial charge in [-0.15, -0.1) is 0 Å². The van der Waals surface area contributed by atoms with E-state index in [-0.39, 0.29) is 17.5 Å². The average Bonchev–Trinajstić information content (AvgIpc) is 3.10. The van der Waals surface area contributed by atoms with Crippen molar-refractivity contribution in [1.29, 1.82) is 0 Å². The minimum absolute atomic E-state index is 0.167. The van der Waals surface area contributed by atoms with Gasteiger partial charge in [-0.05, 0) is 0 Å². The van der Waals surface area contributed by atoms with Crippen molar-refractivity contribution < 1.29 is 17.5 Å². The SMILES string of the molecule is CC[CH2][In]1[CH]=C(N)C=[C]1C#CCN(c1ccc(S(C)(=O)=O)cc1OC)[C@H]1CCNC[C@H]1F. The van der Waals surface area contributed by atoms with Gasteiger partial charge in [0.1, 0.15) is 0 Å². The first kappa shape index (κ1) is 25.0. The second-order valence-corrected chi connectivity index (χ2v) is 18.1. The number of sulfone groups is 1. The normalized spacial score (nSPS) is 20.8. The molecular weight excluding hydrogens is 532 g/mol. The summed E-state index contributed by atoms with van der Waals surface area (Å²) in [5, 5.41) is 3.08. The number of rotatable bonds is 7. The van der Waals surface area contributed by atoms with E-state index in [2.05, 4.69) is 27.9 Å². The summed E-state index contributed by atoms with van der Waals surface area (Å²) >= 11 is -2.04. The van der Waals surface area contributed by atoms with Crippen LogP contribution in [-0.4, -0.2) is 75.1 Å². The molecule has 0 radical (unpaired) electrons. The molecule has 1 fully saturated rings. The summed E-state index contributed by atoms with van der Waals surface area (Å²) in [5.74, 6) is 6.99. The topological polar surface area (TPSA) is 84.7 Å². The second-order valence-electron chi connectivity index (χ2n) is 8.27. The van der Waals surface area contributed by atoms with Crippen molar-refractivity contribution in [2.45, 2.75) is 41.1 Å². The molecule has 6 nitrogen and oxygen atoms in total. The Kier molecular flexibility index (Phi) is 8.59. The number of nitrogens with two attached hydrogens (primary N) is 1. The second kappa shape index (κ2) is 11.0. The van der Waals surface area contributed by atoms with Crippen LogP contribution in [0.15, 0.2) is 42.0 Å². The van der Waals surface area contributed by atoms with Crippen LogP contribution in [0.4, 0.5) is 10.1 Å². The minimum atomic E-state index is -3.39. The third-order valence-corrected chi connectivity index (χ3v) is 15.8. The van der Waals surface area contributed by atoms with Gasteiger partial charge in [-0.25, -0.2) is 0 Å². The summed E-state index contributed by atoms with van der Waals surface area (Å²) < 4.78 is 49.0. The van der Waals surface area contributed by atoms with Gasteiger partial charge in [0.15, 0.2) is 0 Å². The molecule has 0 amide bonds. The Bertz CT molecular complexity index is 1060. The number of alkyl halides is 1. The fourth-order valence-corrected chi connectivity index (χ4v) is 12.1. The molecule has 172 valence electrons. The zero-order valence-corrected chi connectivity index (χ0v) is 23.0. The van der Waals surface area contributed by atoms with Crippen LogP contribution in [0.2, 0.25) is 4.18 Å². The first-order valence-electron chi connectivity index (χ1n) is 10.9. The van der Waals surface area contributed by atoms with E-state index in [1.165, 1.54) is 20.7 Å². The monoisotopic (exact) mass is 563 g/mol. The van der Waals surface area contributed by atoms with Crippen molar-refractivity contribution in [2.24, 2.45) is 5.73 Å². The zero-order chi connectivity index (χ0) is 23.3. The molecule has 3 rings (SSSR count). The molecule has 0 saturated carbocycles. The number of allylic oxidation sites excluding steroid dienone is 2. The van der Waals surface area contributed by atoms with E-state index >= 15 is 0 Å². The molecule has 2 aliphatic heterocycles. The molecule has 3 N–H and O–H groups in total. The van der Waals surface area contributed by atoms with Crippen molar-refractivity contribution in [3.05, 3.63) is 37.1 Å². The van der Waals surface area contributed by atoms with Crippen LogP contribution in [0.3, 0.4) is 0 Å². The maximum absolute atomic E-state index is 14.9. The van der Waals surface area contributed by atoms with Crippen molar-refractivity contribution in [1.82, 2.24) is 5.32 Å². The molecule has 0 bridgehead atoms. The number of anilines is 1. The molecule has 1 aromatic rings. The van der Waals surface area contributed by atoms with E-state index < -0.39 is 37.4 Å². The van der Waals surface area contributed by atoms with Crippen molar-refractivity contribution >= 4 is 37.0 Å². The number of piperidine rings is 1. The molecule has 1 saturated heterocycles. The molecule has 0 aliphatic carbocycles. The van der Waals surface area contributed by atoms with Gasteiger partial charge in [0.25, 0.3) is 0 Å². The molecule has 1 aromatic carbocycles. The van der Waals surface area contributed by atoms with Crippen LogP contribution in [-0.2, 0) is 9.84 Å². The summed E-state index contributed by atoms with van der Waals surface area (Å²) in [5.41, 5.74) is 7.50. The Balaban J connectivity index is 1.94. The van der Waals surface area contributed by atoms with Crippen LogP contribution in [0.5, 0.6) is 5.75 Å². The number of benzene rings is 1. The first-order valence-corrected chi connectivity index (χ1v) is 18.7. The molecule has 9 heteroatoms. The van der Waals surface area contributed by atoms with Gasteiger partial charge in [-0.1, -0.05) is 0 Å². The van der Waals surface area contributed by atoms with E-state index in [9.17, 15) is 12.8 Å². The van der Waals surface area contributed by atoms with E-state index in [1.807, 2.05) is 11.0 Å². The molecule has 2 atom stereocenters. The van der Waals surface area contributed by atoms with E-state index in [0.29, 0.717) is 30.9 Å². The Labute approximate surface area is 198 Å². The summed E-state index contributed by atoms with van der Waals surface area (Å²) in [7, 11) is -1.90. The van der Waals surface area contributed by atoms with Gasteiger partial charge in [0, 0.05) is 0 Å². The maximum atomic E-state index is 14.9. The van der Waals surface area contributed by atoms with E-state index in [0.717, 1.165) is 18.4 Å². The Hall–Kier alpha value is -1.63. The summed E-state index contributed by atoms with van der Waals surface area (Å²) in [6.45, 7) is 3.48. The van der Waals surface area contributed by atoms with Crippen LogP contribution in [0, 0.1) is 11.8 Å². The van der Waals surface area contributed by atoms with Gasteiger partial charge in [-0.3, -0.25) is 0 Å². The van der Waals surface area contributed by atoms with Crippen LogP contribution >= 0.6 is 0 Å². The molecule has 32 heavy (non-hydrogen) atoms.